The van der Waals surface area contributed by atoms with Gasteiger partial charge < -0.3 is 5.11 Å². The Morgan fingerprint density at radius 3 is 2.57 bits per heavy atom. The van der Waals surface area contributed by atoms with Gasteiger partial charge in [-0.25, -0.2) is 4.39 Å². The fourth-order valence-corrected chi connectivity index (χ4v) is 2.77. The first-order valence-corrected chi connectivity index (χ1v) is 7.78. The van der Waals surface area contributed by atoms with E-state index in [1.807, 2.05) is 0 Å². The molecule has 0 aliphatic rings. The molecule has 0 heterocycles. The van der Waals surface area contributed by atoms with Crippen molar-refractivity contribution in [2.75, 3.05) is 6.61 Å². The molecule has 21 heavy (non-hydrogen) atoms. The van der Waals surface area contributed by atoms with Gasteiger partial charge in [-0.15, -0.1) is 0 Å². The molecule has 0 aliphatic heterocycles. The maximum atomic E-state index is 13.7. The first-order valence-electron chi connectivity index (χ1n) is 6.30. The van der Waals surface area contributed by atoms with Crippen LogP contribution >= 0.6 is 0 Å². The maximum absolute atomic E-state index is 13.7. The summed E-state index contributed by atoms with van der Waals surface area (Å²) in [6.07, 6.45) is 0. The van der Waals surface area contributed by atoms with Crippen molar-refractivity contribution in [1.82, 2.24) is 9.44 Å². The van der Waals surface area contributed by atoms with Gasteiger partial charge in [-0.1, -0.05) is 11.8 Å². The molecule has 0 radical (unpaired) electrons. The Hall–Kier alpha value is -1.46. The second kappa shape index (κ2) is 7.00. The van der Waals surface area contributed by atoms with Crippen molar-refractivity contribution in [2.24, 2.45) is 0 Å². The van der Waals surface area contributed by atoms with Gasteiger partial charge in [0.05, 0.1) is 0 Å². The number of hydrogen-bond donors (Lipinski definition) is 3. The molecule has 0 spiro atoms. The molecular formula is C14H19FN2O3S. The van der Waals surface area contributed by atoms with E-state index in [0.717, 1.165) is 0 Å². The predicted octanol–water partition coefficient (Wildman–Crippen LogP) is 0.892. The molecule has 0 saturated carbocycles. The van der Waals surface area contributed by atoms with Crippen LogP contribution in [0.5, 0.6) is 0 Å². The van der Waals surface area contributed by atoms with E-state index in [0.29, 0.717) is 5.56 Å². The molecule has 1 rings (SSSR count). The van der Waals surface area contributed by atoms with E-state index >= 15 is 0 Å². The summed E-state index contributed by atoms with van der Waals surface area (Å²) >= 11 is 0. The van der Waals surface area contributed by atoms with Gasteiger partial charge in [0.2, 0.25) is 0 Å². The summed E-state index contributed by atoms with van der Waals surface area (Å²) in [5.41, 5.74) is 0.0567. The molecule has 0 fully saturated rings. The molecule has 7 heteroatoms. The normalized spacial score (nSPS) is 11.9. The van der Waals surface area contributed by atoms with Gasteiger partial charge in [-0.3, -0.25) is 0 Å². The summed E-state index contributed by atoms with van der Waals surface area (Å²) in [7, 11) is -3.73. The Kier molecular flexibility index (Phi) is 5.87. The molecule has 3 N–H and O–H groups in total. The van der Waals surface area contributed by atoms with Crippen molar-refractivity contribution in [3.63, 3.8) is 0 Å². The van der Waals surface area contributed by atoms with Crippen LogP contribution in [-0.4, -0.2) is 25.7 Å². The fraction of sp³-hybridized carbons (Fsp3) is 0.429. The van der Waals surface area contributed by atoms with E-state index in [1.165, 1.54) is 18.2 Å². The Labute approximate surface area is 124 Å². The first-order chi connectivity index (χ1) is 9.63. The van der Waals surface area contributed by atoms with Crippen molar-refractivity contribution < 1.29 is 17.9 Å². The standard InChI is InChI=1S/C14H19FN2O3S/c1-14(2,3)17-21(19,20)16-10-12-9-11(5-4-8-18)6-7-13(12)15/h6-7,9,16-18H,8,10H2,1-3H3. The van der Waals surface area contributed by atoms with Crippen molar-refractivity contribution in [2.45, 2.75) is 32.9 Å². The predicted molar refractivity (Wildman–Crippen MR) is 79.0 cm³/mol. The SMILES string of the molecule is CC(C)(C)NS(=O)(=O)NCc1cc(C#CCO)ccc1F. The van der Waals surface area contributed by atoms with Crippen LogP contribution in [0.15, 0.2) is 18.2 Å². The zero-order valence-corrected chi connectivity index (χ0v) is 13.0. The number of hydrogen-bond acceptors (Lipinski definition) is 3. The number of nitrogens with one attached hydrogen (secondary N) is 2. The zero-order valence-electron chi connectivity index (χ0n) is 12.2. The van der Waals surface area contributed by atoms with Crippen LogP contribution in [0.4, 0.5) is 4.39 Å². The van der Waals surface area contributed by atoms with E-state index in [1.54, 1.807) is 20.8 Å². The van der Waals surface area contributed by atoms with Gasteiger partial charge in [0.15, 0.2) is 0 Å². The van der Waals surface area contributed by atoms with E-state index < -0.39 is 21.6 Å². The Morgan fingerprint density at radius 2 is 2.00 bits per heavy atom. The monoisotopic (exact) mass is 314 g/mol. The number of aliphatic hydroxyl groups is 1. The molecular weight excluding hydrogens is 295 g/mol. The lowest BCUT2D eigenvalue weighted by Crippen LogP contribution is -2.46. The lowest BCUT2D eigenvalue weighted by molar-refractivity contribution is 0.350. The van der Waals surface area contributed by atoms with Gasteiger partial charge in [0.1, 0.15) is 12.4 Å². The van der Waals surface area contributed by atoms with Crippen LogP contribution in [0.3, 0.4) is 0 Å². The Balaban J connectivity index is 2.84. The molecule has 0 unspecified atom stereocenters. The third kappa shape index (κ3) is 6.69. The largest absolute Gasteiger partial charge is 0.384 e. The van der Waals surface area contributed by atoms with E-state index in [2.05, 4.69) is 21.3 Å². The van der Waals surface area contributed by atoms with Gasteiger partial charge in [-0.05, 0) is 39.0 Å². The van der Waals surface area contributed by atoms with Gasteiger partial charge in [0.25, 0.3) is 10.2 Å². The summed E-state index contributed by atoms with van der Waals surface area (Å²) in [5, 5.41) is 8.62. The summed E-state index contributed by atoms with van der Waals surface area (Å²) in [6.45, 7) is 4.63. The summed E-state index contributed by atoms with van der Waals surface area (Å²) in [4.78, 5) is 0. The highest BCUT2D eigenvalue weighted by Crippen LogP contribution is 2.10. The number of benzene rings is 1. The molecule has 5 nitrogen and oxygen atoms in total. The summed E-state index contributed by atoms with van der Waals surface area (Å²) in [6, 6.07) is 4.11. The lowest BCUT2D eigenvalue weighted by Gasteiger charge is -2.20. The molecule has 0 amide bonds. The minimum atomic E-state index is -3.73. The van der Waals surface area contributed by atoms with Crippen LogP contribution < -0.4 is 9.44 Å². The number of aliphatic hydroxyl groups excluding tert-OH is 1. The molecule has 0 atom stereocenters. The highest BCUT2D eigenvalue weighted by molar-refractivity contribution is 7.87. The second-order valence-corrected chi connectivity index (χ2v) is 6.94. The Morgan fingerprint density at radius 1 is 1.33 bits per heavy atom. The molecule has 1 aromatic carbocycles. The molecule has 1 aromatic rings. The van der Waals surface area contributed by atoms with Crippen molar-refractivity contribution in [1.29, 1.82) is 0 Å². The van der Waals surface area contributed by atoms with Gasteiger partial charge >= 0.3 is 0 Å². The van der Waals surface area contributed by atoms with Crippen LogP contribution in [0.1, 0.15) is 31.9 Å². The second-order valence-electron chi connectivity index (χ2n) is 5.44. The molecule has 0 bridgehead atoms. The Bertz CT molecular complexity index is 655. The van der Waals surface area contributed by atoms with E-state index in [4.69, 9.17) is 5.11 Å². The summed E-state index contributed by atoms with van der Waals surface area (Å²) in [5.74, 6) is 4.56. The highest BCUT2D eigenvalue weighted by atomic mass is 32.2. The first kappa shape index (κ1) is 17.6. The van der Waals surface area contributed by atoms with E-state index in [-0.39, 0.29) is 18.7 Å². The molecule has 0 aliphatic carbocycles. The van der Waals surface area contributed by atoms with Gasteiger partial charge in [0, 0.05) is 23.2 Å². The quantitative estimate of drug-likeness (QED) is 0.722. The third-order valence-electron chi connectivity index (χ3n) is 2.25. The molecule has 116 valence electrons. The van der Waals surface area contributed by atoms with Crippen molar-refractivity contribution >= 4 is 10.2 Å². The zero-order chi connectivity index (χ0) is 16.1. The van der Waals surface area contributed by atoms with Crippen molar-refractivity contribution in [3.8, 4) is 11.8 Å². The topological polar surface area (TPSA) is 78.4 Å². The highest BCUT2D eigenvalue weighted by Gasteiger charge is 2.19. The smallest absolute Gasteiger partial charge is 0.277 e. The average molecular weight is 314 g/mol. The van der Waals surface area contributed by atoms with Crippen LogP contribution in [0, 0.1) is 17.7 Å². The van der Waals surface area contributed by atoms with Crippen LogP contribution in [0.2, 0.25) is 0 Å². The maximum Gasteiger partial charge on any atom is 0.277 e. The van der Waals surface area contributed by atoms with Crippen molar-refractivity contribution in [3.05, 3.63) is 35.1 Å². The number of rotatable bonds is 4. The molecule has 0 saturated heterocycles. The van der Waals surface area contributed by atoms with Gasteiger partial charge in [-0.2, -0.15) is 17.9 Å². The van der Waals surface area contributed by atoms with Crippen LogP contribution in [0.25, 0.3) is 0 Å². The fourth-order valence-electron chi connectivity index (χ4n) is 1.54. The third-order valence-corrected chi connectivity index (χ3v) is 3.66. The summed E-state index contributed by atoms with van der Waals surface area (Å²) < 4.78 is 41.9. The minimum Gasteiger partial charge on any atom is -0.384 e. The average Bonchev–Trinajstić information content (AvgIpc) is 2.33. The minimum absolute atomic E-state index is 0.180. The number of halogens is 1. The molecule has 0 aromatic heterocycles. The lowest BCUT2D eigenvalue weighted by atomic mass is 10.1. The van der Waals surface area contributed by atoms with Crippen LogP contribution in [-0.2, 0) is 16.8 Å². The van der Waals surface area contributed by atoms with E-state index in [9.17, 15) is 12.8 Å².